The van der Waals surface area contributed by atoms with Crippen molar-refractivity contribution in [2.24, 2.45) is 5.92 Å². The highest BCUT2D eigenvalue weighted by Crippen LogP contribution is 2.29. The molecule has 234 valence electrons. The Bertz CT molecular complexity index is 1410. The quantitative estimate of drug-likeness (QED) is 0.176. The van der Waals surface area contributed by atoms with Crippen molar-refractivity contribution in [2.75, 3.05) is 32.8 Å². The first-order valence-corrected chi connectivity index (χ1v) is 16.0. The van der Waals surface area contributed by atoms with Crippen molar-refractivity contribution in [2.45, 2.75) is 71.5 Å². The highest BCUT2D eigenvalue weighted by Gasteiger charge is 2.31. The maximum absolute atomic E-state index is 13.3. The summed E-state index contributed by atoms with van der Waals surface area (Å²) in [5.41, 5.74) is 4.38. The third kappa shape index (κ3) is 8.13. The predicted octanol–water partition coefficient (Wildman–Crippen LogP) is 6.94. The van der Waals surface area contributed by atoms with Crippen LogP contribution >= 0.6 is 0 Å². The molecular formula is C37H45FN2O4. The van der Waals surface area contributed by atoms with Gasteiger partial charge >= 0.3 is 5.97 Å². The molecule has 0 bridgehead atoms. The molecule has 1 saturated heterocycles. The van der Waals surface area contributed by atoms with Gasteiger partial charge in [0.1, 0.15) is 18.2 Å². The summed E-state index contributed by atoms with van der Waals surface area (Å²) in [6.07, 6.45) is 3.66. The Balaban J connectivity index is 1.08. The van der Waals surface area contributed by atoms with Gasteiger partial charge in [0.05, 0.1) is 12.0 Å². The van der Waals surface area contributed by atoms with Gasteiger partial charge in [0, 0.05) is 43.7 Å². The lowest BCUT2D eigenvalue weighted by atomic mass is 9.84. The number of nitrogens with zero attached hydrogens (tertiary/aromatic N) is 2. The second-order valence-electron chi connectivity index (χ2n) is 12.7. The van der Waals surface area contributed by atoms with E-state index in [9.17, 15) is 14.0 Å². The van der Waals surface area contributed by atoms with Crippen LogP contribution in [-0.2, 0) is 34.6 Å². The number of fused-ring (bicyclic) bond motifs is 1. The van der Waals surface area contributed by atoms with Crippen LogP contribution < -0.4 is 4.74 Å². The van der Waals surface area contributed by atoms with Gasteiger partial charge < -0.3 is 9.47 Å². The first kappa shape index (κ1) is 31.9. The number of Topliss-reactive ketones (excluding diaryl/α,β-unsaturated/α-hetero) is 1. The van der Waals surface area contributed by atoms with Gasteiger partial charge in [-0.2, -0.15) is 0 Å². The summed E-state index contributed by atoms with van der Waals surface area (Å²) in [4.78, 5) is 30.3. The molecule has 3 aromatic carbocycles. The molecule has 0 amide bonds. The molecule has 0 unspecified atom stereocenters. The standard InChI is InChI=1S/C37H45FN2O4/c1-4-43-36(42)37(2,3)32-11-5-28(6-12-32)24-39-19-17-27(18-20-39)9-15-34(41)30-10-16-35-31(23-30)26-40(21-22-44-35)25-29-7-13-33(38)14-8-29/h5-8,10-14,16,23,27H,4,9,15,17-22,24-26H2,1-3H3. The molecule has 0 aliphatic carbocycles. The average Bonchev–Trinajstić information content (AvgIpc) is 3.23. The highest BCUT2D eigenvalue weighted by atomic mass is 19.1. The lowest BCUT2D eigenvalue weighted by molar-refractivity contribution is -0.148. The van der Waals surface area contributed by atoms with E-state index in [-0.39, 0.29) is 17.6 Å². The Morgan fingerprint density at radius 2 is 1.57 bits per heavy atom. The van der Waals surface area contributed by atoms with Gasteiger partial charge in [-0.15, -0.1) is 0 Å². The smallest absolute Gasteiger partial charge is 0.315 e. The second kappa shape index (κ2) is 14.5. The van der Waals surface area contributed by atoms with Crippen LogP contribution in [0, 0.1) is 11.7 Å². The molecule has 44 heavy (non-hydrogen) atoms. The molecule has 0 saturated carbocycles. The Labute approximate surface area is 261 Å². The summed E-state index contributed by atoms with van der Waals surface area (Å²) in [5.74, 6) is 1.16. The number of carbonyl (C=O) groups excluding carboxylic acids is 2. The first-order chi connectivity index (χ1) is 21.2. The molecule has 2 aliphatic heterocycles. The van der Waals surface area contributed by atoms with Crippen LogP contribution in [0.25, 0.3) is 0 Å². The van der Waals surface area contributed by atoms with E-state index >= 15 is 0 Å². The summed E-state index contributed by atoms with van der Waals surface area (Å²) < 4.78 is 24.6. The number of hydrogen-bond acceptors (Lipinski definition) is 6. The molecule has 0 aromatic heterocycles. The van der Waals surface area contributed by atoms with Gasteiger partial charge in [0.25, 0.3) is 0 Å². The van der Waals surface area contributed by atoms with E-state index in [1.807, 2.05) is 63.2 Å². The van der Waals surface area contributed by atoms with Crippen molar-refractivity contribution in [3.63, 3.8) is 0 Å². The van der Waals surface area contributed by atoms with E-state index in [0.717, 1.165) is 73.4 Å². The summed E-state index contributed by atoms with van der Waals surface area (Å²) in [6, 6.07) is 20.8. The monoisotopic (exact) mass is 600 g/mol. The van der Waals surface area contributed by atoms with E-state index in [2.05, 4.69) is 21.9 Å². The number of piperidine rings is 1. The van der Waals surface area contributed by atoms with E-state index in [0.29, 0.717) is 38.6 Å². The molecule has 6 nitrogen and oxygen atoms in total. The van der Waals surface area contributed by atoms with Crippen molar-refractivity contribution < 1.29 is 23.5 Å². The van der Waals surface area contributed by atoms with Crippen LogP contribution in [0.5, 0.6) is 5.75 Å². The minimum absolute atomic E-state index is 0.190. The Morgan fingerprint density at radius 3 is 2.25 bits per heavy atom. The third-order valence-electron chi connectivity index (χ3n) is 9.12. The van der Waals surface area contributed by atoms with Gasteiger partial charge in [0.2, 0.25) is 0 Å². The number of likely N-dealkylation sites (tertiary alicyclic amines) is 1. The summed E-state index contributed by atoms with van der Waals surface area (Å²) in [7, 11) is 0. The second-order valence-corrected chi connectivity index (χ2v) is 12.7. The highest BCUT2D eigenvalue weighted by molar-refractivity contribution is 5.96. The van der Waals surface area contributed by atoms with E-state index < -0.39 is 5.41 Å². The van der Waals surface area contributed by atoms with Crippen LogP contribution in [0.4, 0.5) is 4.39 Å². The molecule has 5 rings (SSSR count). The fourth-order valence-corrected chi connectivity index (χ4v) is 6.23. The molecule has 2 aliphatic rings. The largest absolute Gasteiger partial charge is 0.492 e. The molecule has 0 spiro atoms. The Kier molecular flexibility index (Phi) is 10.5. The number of rotatable bonds is 11. The summed E-state index contributed by atoms with van der Waals surface area (Å²) in [5, 5.41) is 0. The minimum atomic E-state index is -0.665. The SMILES string of the molecule is CCOC(=O)C(C)(C)c1ccc(CN2CCC(CCC(=O)c3ccc4c(c3)CN(Cc3ccc(F)cc3)CCO4)CC2)cc1. The average molecular weight is 601 g/mol. The zero-order valence-electron chi connectivity index (χ0n) is 26.3. The molecule has 2 heterocycles. The fraction of sp³-hybridized carbons (Fsp3) is 0.459. The van der Waals surface area contributed by atoms with Gasteiger partial charge in [0.15, 0.2) is 5.78 Å². The van der Waals surface area contributed by atoms with Gasteiger partial charge in [-0.1, -0.05) is 36.4 Å². The first-order valence-electron chi connectivity index (χ1n) is 16.0. The zero-order chi connectivity index (χ0) is 31.1. The molecule has 1 fully saturated rings. The minimum Gasteiger partial charge on any atom is -0.492 e. The van der Waals surface area contributed by atoms with E-state index in [1.54, 1.807) is 0 Å². The topological polar surface area (TPSA) is 59.1 Å². The maximum Gasteiger partial charge on any atom is 0.315 e. The fourth-order valence-electron chi connectivity index (χ4n) is 6.23. The predicted molar refractivity (Wildman–Crippen MR) is 170 cm³/mol. The van der Waals surface area contributed by atoms with E-state index in [4.69, 9.17) is 9.47 Å². The van der Waals surface area contributed by atoms with Crippen molar-refractivity contribution in [1.29, 1.82) is 0 Å². The number of halogens is 1. The van der Waals surface area contributed by atoms with Gasteiger partial charge in [-0.3, -0.25) is 19.4 Å². The molecule has 7 heteroatoms. The van der Waals surface area contributed by atoms with Crippen LogP contribution in [-0.4, -0.2) is 54.4 Å². The summed E-state index contributed by atoms with van der Waals surface area (Å²) >= 11 is 0. The number of esters is 1. The van der Waals surface area contributed by atoms with Crippen molar-refractivity contribution in [3.05, 3.63) is 100 Å². The molecule has 0 atom stereocenters. The molecule has 0 N–H and O–H groups in total. The Morgan fingerprint density at radius 1 is 0.909 bits per heavy atom. The van der Waals surface area contributed by atoms with Crippen LogP contribution in [0.2, 0.25) is 0 Å². The number of carbonyl (C=O) groups is 2. The van der Waals surface area contributed by atoms with E-state index in [1.165, 1.54) is 17.7 Å². The molecular weight excluding hydrogens is 555 g/mol. The third-order valence-corrected chi connectivity index (χ3v) is 9.12. The summed E-state index contributed by atoms with van der Waals surface area (Å²) in [6.45, 7) is 11.7. The maximum atomic E-state index is 13.3. The normalized spacial score (nSPS) is 16.5. The van der Waals surface area contributed by atoms with Crippen molar-refractivity contribution in [1.82, 2.24) is 9.80 Å². The van der Waals surface area contributed by atoms with Gasteiger partial charge in [-0.25, -0.2) is 4.39 Å². The molecule has 3 aromatic rings. The van der Waals surface area contributed by atoms with Crippen LogP contribution in [0.1, 0.15) is 79.1 Å². The number of benzene rings is 3. The van der Waals surface area contributed by atoms with Gasteiger partial charge in [-0.05, 0) is 106 Å². The lowest BCUT2D eigenvalue weighted by Gasteiger charge is -2.32. The van der Waals surface area contributed by atoms with Crippen LogP contribution in [0.3, 0.4) is 0 Å². The number of hydrogen-bond donors (Lipinski definition) is 0. The lowest BCUT2D eigenvalue weighted by Crippen LogP contribution is -2.33. The Hall–Kier alpha value is -3.55. The molecule has 0 radical (unpaired) electrons. The zero-order valence-corrected chi connectivity index (χ0v) is 26.3. The number of ketones is 1. The van der Waals surface area contributed by atoms with Crippen molar-refractivity contribution in [3.8, 4) is 5.75 Å². The van der Waals surface area contributed by atoms with Crippen LogP contribution in [0.15, 0.2) is 66.7 Å². The number of ether oxygens (including phenoxy) is 2. The van der Waals surface area contributed by atoms with Crippen molar-refractivity contribution >= 4 is 11.8 Å².